The Morgan fingerprint density at radius 3 is 3.21 bits per heavy atom. The van der Waals surface area contributed by atoms with Crippen LogP contribution in [0.5, 0.6) is 0 Å². The lowest BCUT2D eigenvalue weighted by atomic mass is 9.98. The fourth-order valence-electron chi connectivity index (χ4n) is 3.24. The first-order valence-corrected chi connectivity index (χ1v) is 9.06. The molecule has 2 N–H and O–H groups in total. The van der Waals surface area contributed by atoms with Crippen molar-refractivity contribution in [3.05, 3.63) is 29.6 Å². The van der Waals surface area contributed by atoms with Gasteiger partial charge in [0.1, 0.15) is 5.82 Å². The molecule has 6 heteroatoms. The number of hydrogen-bond donors (Lipinski definition) is 2. The molecule has 0 bridgehead atoms. The minimum atomic E-state index is 0.408. The van der Waals surface area contributed by atoms with Crippen molar-refractivity contribution in [2.45, 2.75) is 32.1 Å². The minimum Gasteiger partial charge on any atom is -0.385 e. The monoisotopic (exact) mass is 346 g/mol. The molecule has 0 amide bonds. The third kappa shape index (κ3) is 4.05. The highest BCUT2D eigenvalue weighted by Crippen LogP contribution is 2.27. The summed E-state index contributed by atoms with van der Waals surface area (Å²) in [5.41, 5.74) is 3.43. The summed E-state index contributed by atoms with van der Waals surface area (Å²) in [5.74, 6) is 1.49. The molecule has 1 aromatic carbocycles. The van der Waals surface area contributed by atoms with Gasteiger partial charge < -0.3 is 19.9 Å². The fraction of sp³-hybridized carbons (Fsp3) is 0.556. The first kappa shape index (κ1) is 17.2. The number of likely N-dealkylation sites (tertiary alicyclic amines) is 1. The molecule has 1 saturated heterocycles. The number of aromatic amines is 1. The molecule has 0 unspecified atom stereocenters. The van der Waals surface area contributed by atoms with Crippen molar-refractivity contribution >= 4 is 28.4 Å². The summed E-state index contributed by atoms with van der Waals surface area (Å²) in [6.07, 6.45) is 3.26. The Kier molecular flexibility index (Phi) is 5.68. The molecule has 3 rings (SSSR count). The largest absolute Gasteiger partial charge is 0.385 e. The smallest absolute Gasteiger partial charge is 0.168 e. The maximum Gasteiger partial charge on any atom is 0.168 e. The number of H-pyrrole nitrogens is 1. The van der Waals surface area contributed by atoms with E-state index < -0.39 is 0 Å². The standard InChI is InChI=1S/C18H26N4OS/c1-13-6-7-15-16(11-13)21-17(20-15)14-5-3-9-22(12-14)18(24)19-8-4-10-23-2/h6-7,11,14H,3-5,8-10,12H2,1-2H3,(H,19,24)(H,20,21)/t14-/m1/s1. The lowest BCUT2D eigenvalue weighted by Gasteiger charge is -2.33. The van der Waals surface area contributed by atoms with Gasteiger partial charge in [-0.3, -0.25) is 0 Å². The van der Waals surface area contributed by atoms with Gasteiger partial charge in [0, 0.05) is 39.3 Å². The van der Waals surface area contributed by atoms with Gasteiger partial charge in [0.15, 0.2) is 5.11 Å². The second-order valence-electron chi connectivity index (χ2n) is 6.51. The van der Waals surface area contributed by atoms with Crippen LogP contribution in [-0.2, 0) is 4.74 Å². The first-order valence-electron chi connectivity index (χ1n) is 8.65. The molecule has 0 aliphatic carbocycles. The Bertz CT molecular complexity index is 699. The van der Waals surface area contributed by atoms with E-state index in [0.29, 0.717) is 5.92 Å². The van der Waals surface area contributed by atoms with Crippen molar-refractivity contribution in [1.82, 2.24) is 20.2 Å². The number of thiocarbonyl (C=S) groups is 1. The molecule has 0 saturated carbocycles. The fourth-order valence-corrected chi connectivity index (χ4v) is 3.51. The van der Waals surface area contributed by atoms with E-state index in [9.17, 15) is 0 Å². The number of methoxy groups -OCH3 is 1. The number of benzene rings is 1. The zero-order valence-electron chi connectivity index (χ0n) is 14.5. The SMILES string of the molecule is COCCCNC(=S)N1CCC[C@@H](c2nc3ccc(C)cc3[nH]2)C1. The summed E-state index contributed by atoms with van der Waals surface area (Å²) in [6, 6.07) is 6.36. The van der Waals surface area contributed by atoms with Crippen LogP contribution >= 0.6 is 12.2 Å². The normalized spacial score (nSPS) is 18.1. The van der Waals surface area contributed by atoms with E-state index in [-0.39, 0.29) is 0 Å². The van der Waals surface area contributed by atoms with E-state index in [1.54, 1.807) is 7.11 Å². The van der Waals surface area contributed by atoms with Gasteiger partial charge in [-0.1, -0.05) is 6.07 Å². The summed E-state index contributed by atoms with van der Waals surface area (Å²) in [6.45, 7) is 5.67. The maximum atomic E-state index is 5.55. The van der Waals surface area contributed by atoms with E-state index in [1.165, 1.54) is 5.56 Å². The van der Waals surface area contributed by atoms with Crippen molar-refractivity contribution in [1.29, 1.82) is 0 Å². The number of hydrogen-bond acceptors (Lipinski definition) is 3. The van der Waals surface area contributed by atoms with Crippen LogP contribution in [0, 0.1) is 6.92 Å². The number of rotatable bonds is 5. The molecule has 0 spiro atoms. The number of aryl methyl sites for hydroxylation is 1. The second-order valence-corrected chi connectivity index (χ2v) is 6.89. The summed E-state index contributed by atoms with van der Waals surface area (Å²) < 4.78 is 5.07. The Morgan fingerprint density at radius 1 is 1.50 bits per heavy atom. The summed E-state index contributed by atoms with van der Waals surface area (Å²) in [4.78, 5) is 10.6. The van der Waals surface area contributed by atoms with E-state index >= 15 is 0 Å². The molecule has 1 fully saturated rings. The molecule has 2 aromatic rings. The first-order chi connectivity index (χ1) is 11.7. The minimum absolute atomic E-state index is 0.408. The van der Waals surface area contributed by atoms with Crippen molar-refractivity contribution in [2.24, 2.45) is 0 Å². The lowest BCUT2D eigenvalue weighted by molar-refractivity contribution is 0.195. The van der Waals surface area contributed by atoms with Crippen LogP contribution in [0.3, 0.4) is 0 Å². The van der Waals surface area contributed by atoms with Crippen LogP contribution in [0.1, 0.15) is 36.6 Å². The van der Waals surface area contributed by atoms with Gasteiger partial charge in [-0.15, -0.1) is 0 Å². The zero-order chi connectivity index (χ0) is 16.9. The van der Waals surface area contributed by atoms with Gasteiger partial charge in [-0.2, -0.15) is 0 Å². The average Bonchev–Trinajstić information content (AvgIpc) is 3.02. The topological polar surface area (TPSA) is 53.2 Å². The van der Waals surface area contributed by atoms with E-state index in [4.69, 9.17) is 21.9 Å². The molecule has 5 nitrogen and oxygen atoms in total. The maximum absolute atomic E-state index is 5.55. The Labute approximate surface area is 148 Å². The molecular weight excluding hydrogens is 320 g/mol. The van der Waals surface area contributed by atoms with Crippen LogP contribution in [0.4, 0.5) is 0 Å². The van der Waals surface area contributed by atoms with Crippen molar-refractivity contribution in [2.75, 3.05) is 33.4 Å². The molecular formula is C18H26N4OS. The molecule has 130 valence electrons. The van der Waals surface area contributed by atoms with Gasteiger partial charge >= 0.3 is 0 Å². The number of nitrogens with one attached hydrogen (secondary N) is 2. The molecule has 1 aliphatic rings. The quantitative estimate of drug-likeness (QED) is 0.644. The summed E-state index contributed by atoms with van der Waals surface area (Å²) >= 11 is 5.55. The highest BCUT2D eigenvalue weighted by molar-refractivity contribution is 7.80. The highest BCUT2D eigenvalue weighted by Gasteiger charge is 2.25. The number of imidazole rings is 1. The predicted molar refractivity (Wildman–Crippen MR) is 101 cm³/mol. The Morgan fingerprint density at radius 2 is 2.38 bits per heavy atom. The van der Waals surface area contributed by atoms with Crippen molar-refractivity contribution < 1.29 is 4.74 Å². The average molecular weight is 347 g/mol. The third-order valence-corrected chi connectivity index (χ3v) is 4.96. The molecule has 1 atom stereocenters. The van der Waals surface area contributed by atoms with Gasteiger partial charge in [0.25, 0.3) is 0 Å². The molecule has 0 radical (unpaired) electrons. The number of piperidine rings is 1. The molecule has 1 aromatic heterocycles. The van der Waals surface area contributed by atoms with Crippen LogP contribution in [0.2, 0.25) is 0 Å². The van der Waals surface area contributed by atoms with Gasteiger partial charge in [0.05, 0.1) is 11.0 Å². The van der Waals surface area contributed by atoms with Crippen LogP contribution in [0.15, 0.2) is 18.2 Å². The number of ether oxygens (including phenoxy) is 1. The lowest BCUT2D eigenvalue weighted by Crippen LogP contribution is -2.45. The predicted octanol–water partition coefficient (Wildman–Crippen LogP) is 2.96. The van der Waals surface area contributed by atoms with Gasteiger partial charge in [-0.25, -0.2) is 4.98 Å². The van der Waals surface area contributed by atoms with E-state index in [2.05, 4.69) is 40.3 Å². The van der Waals surface area contributed by atoms with Gasteiger partial charge in [0.2, 0.25) is 0 Å². The Balaban J connectivity index is 1.62. The number of aromatic nitrogens is 2. The second kappa shape index (κ2) is 7.94. The summed E-state index contributed by atoms with van der Waals surface area (Å²) in [7, 11) is 1.72. The number of fused-ring (bicyclic) bond motifs is 1. The van der Waals surface area contributed by atoms with E-state index in [1.807, 2.05) is 0 Å². The zero-order valence-corrected chi connectivity index (χ0v) is 15.3. The van der Waals surface area contributed by atoms with Gasteiger partial charge in [-0.05, 0) is 56.1 Å². The molecule has 2 heterocycles. The van der Waals surface area contributed by atoms with Crippen molar-refractivity contribution in [3.63, 3.8) is 0 Å². The Hall–Kier alpha value is -1.66. The van der Waals surface area contributed by atoms with Crippen LogP contribution in [0.25, 0.3) is 11.0 Å². The van der Waals surface area contributed by atoms with Crippen LogP contribution in [-0.4, -0.2) is 53.3 Å². The van der Waals surface area contributed by atoms with E-state index in [0.717, 1.165) is 67.5 Å². The third-order valence-electron chi connectivity index (χ3n) is 4.55. The highest BCUT2D eigenvalue weighted by atomic mass is 32.1. The van der Waals surface area contributed by atoms with Crippen LogP contribution < -0.4 is 5.32 Å². The molecule has 24 heavy (non-hydrogen) atoms. The van der Waals surface area contributed by atoms with Crippen molar-refractivity contribution in [3.8, 4) is 0 Å². The summed E-state index contributed by atoms with van der Waals surface area (Å²) in [5, 5.41) is 4.19. The molecule has 1 aliphatic heterocycles. The number of nitrogens with zero attached hydrogens (tertiary/aromatic N) is 2.